The third kappa shape index (κ3) is 2.56. The molecule has 0 radical (unpaired) electrons. The Hall–Kier alpha value is -1.02. The number of nitrogens with zero attached hydrogens (tertiary/aromatic N) is 1. The molecule has 1 aromatic carbocycles. The monoisotopic (exact) mass is 219 g/mol. The van der Waals surface area contributed by atoms with Crippen molar-refractivity contribution in [3.63, 3.8) is 0 Å². The van der Waals surface area contributed by atoms with E-state index < -0.39 is 0 Å². The fourth-order valence-electron chi connectivity index (χ4n) is 2.52. The molecule has 1 atom stereocenters. The Morgan fingerprint density at radius 2 is 2.31 bits per heavy atom. The van der Waals surface area contributed by atoms with Gasteiger partial charge in [0.15, 0.2) is 0 Å². The molecule has 2 nitrogen and oxygen atoms in total. The van der Waals surface area contributed by atoms with Crippen LogP contribution in [0.2, 0.25) is 0 Å². The molecule has 0 spiro atoms. The first-order valence-corrected chi connectivity index (χ1v) is 6.19. The van der Waals surface area contributed by atoms with Crippen LogP contribution in [0.4, 0.5) is 0 Å². The fraction of sp³-hybridized carbons (Fsp3) is 0.571. The van der Waals surface area contributed by atoms with Crippen molar-refractivity contribution < 1.29 is 4.74 Å². The van der Waals surface area contributed by atoms with Crippen molar-refractivity contribution in [3.05, 3.63) is 29.8 Å². The Balaban J connectivity index is 2.02. The van der Waals surface area contributed by atoms with Gasteiger partial charge in [-0.1, -0.05) is 19.1 Å². The van der Waals surface area contributed by atoms with Gasteiger partial charge in [0.2, 0.25) is 0 Å². The summed E-state index contributed by atoms with van der Waals surface area (Å²) in [5.74, 6) is 1.67. The van der Waals surface area contributed by atoms with Crippen LogP contribution in [0.1, 0.15) is 31.2 Å². The molecule has 0 bridgehead atoms. The number of likely N-dealkylation sites (tertiary alicyclic amines) is 1. The SMILES string of the molecule is CCCN1CC[C@@H](c2cccc(OC)c2)C1. The van der Waals surface area contributed by atoms with Gasteiger partial charge >= 0.3 is 0 Å². The molecule has 88 valence electrons. The fourth-order valence-corrected chi connectivity index (χ4v) is 2.52. The summed E-state index contributed by atoms with van der Waals surface area (Å²) in [6, 6.07) is 8.52. The number of rotatable bonds is 4. The predicted octanol–water partition coefficient (Wildman–Crippen LogP) is 2.89. The lowest BCUT2D eigenvalue weighted by Gasteiger charge is -2.15. The van der Waals surface area contributed by atoms with Crippen LogP contribution in [-0.4, -0.2) is 31.6 Å². The number of benzene rings is 1. The Labute approximate surface area is 98.2 Å². The van der Waals surface area contributed by atoms with E-state index in [-0.39, 0.29) is 0 Å². The highest BCUT2D eigenvalue weighted by atomic mass is 16.5. The molecule has 1 saturated heterocycles. The van der Waals surface area contributed by atoms with E-state index in [1.807, 2.05) is 6.07 Å². The highest BCUT2D eigenvalue weighted by Crippen LogP contribution is 2.29. The van der Waals surface area contributed by atoms with Crippen molar-refractivity contribution in [1.82, 2.24) is 4.90 Å². The van der Waals surface area contributed by atoms with E-state index in [1.165, 1.54) is 38.0 Å². The van der Waals surface area contributed by atoms with E-state index in [1.54, 1.807) is 7.11 Å². The molecule has 0 aliphatic carbocycles. The summed E-state index contributed by atoms with van der Waals surface area (Å²) in [5.41, 5.74) is 1.43. The molecular weight excluding hydrogens is 198 g/mol. The average Bonchev–Trinajstić information content (AvgIpc) is 2.78. The van der Waals surface area contributed by atoms with E-state index >= 15 is 0 Å². The molecule has 1 heterocycles. The summed E-state index contributed by atoms with van der Waals surface area (Å²) in [5, 5.41) is 0. The van der Waals surface area contributed by atoms with Crippen LogP contribution in [0, 0.1) is 0 Å². The molecule has 1 aliphatic rings. The molecule has 0 unspecified atom stereocenters. The molecule has 16 heavy (non-hydrogen) atoms. The molecule has 2 rings (SSSR count). The first-order chi connectivity index (χ1) is 7.83. The topological polar surface area (TPSA) is 12.5 Å². The van der Waals surface area contributed by atoms with Gasteiger partial charge in [-0.2, -0.15) is 0 Å². The molecule has 0 amide bonds. The molecule has 1 aromatic rings. The van der Waals surface area contributed by atoms with Crippen LogP contribution in [0.3, 0.4) is 0 Å². The number of ether oxygens (including phenoxy) is 1. The van der Waals surface area contributed by atoms with Crippen molar-refractivity contribution in [1.29, 1.82) is 0 Å². The van der Waals surface area contributed by atoms with Gasteiger partial charge in [-0.15, -0.1) is 0 Å². The number of hydrogen-bond acceptors (Lipinski definition) is 2. The predicted molar refractivity (Wildman–Crippen MR) is 67.1 cm³/mol. The van der Waals surface area contributed by atoms with E-state index in [0.717, 1.165) is 5.75 Å². The molecule has 2 heteroatoms. The molecular formula is C14H21NO. The van der Waals surface area contributed by atoms with Crippen LogP contribution >= 0.6 is 0 Å². The van der Waals surface area contributed by atoms with Gasteiger partial charge in [0.25, 0.3) is 0 Å². The minimum atomic E-state index is 0.696. The van der Waals surface area contributed by atoms with Gasteiger partial charge in [-0.3, -0.25) is 0 Å². The minimum absolute atomic E-state index is 0.696. The summed E-state index contributed by atoms with van der Waals surface area (Å²) in [6.45, 7) is 5.94. The van der Waals surface area contributed by atoms with Crippen LogP contribution < -0.4 is 4.74 Å². The van der Waals surface area contributed by atoms with Crippen LogP contribution in [0.25, 0.3) is 0 Å². The maximum atomic E-state index is 5.28. The lowest BCUT2D eigenvalue weighted by Crippen LogP contribution is -2.20. The maximum Gasteiger partial charge on any atom is 0.119 e. The van der Waals surface area contributed by atoms with Gasteiger partial charge in [0, 0.05) is 6.54 Å². The third-order valence-electron chi connectivity index (χ3n) is 3.38. The maximum absolute atomic E-state index is 5.28. The Morgan fingerprint density at radius 1 is 1.44 bits per heavy atom. The van der Waals surface area contributed by atoms with Gasteiger partial charge in [-0.25, -0.2) is 0 Å². The zero-order valence-electron chi connectivity index (χ0n) is 10.3. The van der Waals surface area contributed by atoms with Crippen molar-refractivity contribution in [3.8, 4) is 5.75 Å². The summed E-state index contributed by atoms with van der Waals surface area (Å²) in [7, 11) is 1.73. The van der Waals surface area contributed by atoms with Crippen molar-refractivity contribution in [2.45, 2.75) is 25.7 Å². The Morgan fingerprint density at radius 3 is 3.06 bits per heavy atom. The van der Waals surface area contributed by atoms with E-state index in [0.29, 0.717) is 5.92 Å². The quantitative estimate of drug-likeness (QED) is 0.772. The van der Waals surface area contributed by atoms with Crippen LogP contribution in [-0.2, 0) is 0 Å². The Bertz CT molecular complexity index is 337. The van der Waals surface area contributed by atoms with Gasteiger partial charge in [-0.05, 0) is 49.5 Å². The average molecular weight is 219 g/mol. The van der Waals surface area contributed by atoms with Crippen molar-refractivity contribution in [2.24, 2.45) is 0 Å². The summed E-state index contributed by atoms with van der Waals surface area (Å²) < 4.78 is 5.28. The second-order valence-corrected chi connectivity index (χ2v) is 4.56. The lowest BCUT2D eigenvalue weighted by atomic mass is 9.98. The van der Waals surface area contributed by atoms with E-state index in [4.69, 9.17) is 4.74 Å². The van der Waals surface area contributed by atoms with Gasteiger partial charge < -0.3 is 9.64 Å². The number of methoxy groups -OCH3 is 1. The van der Waals surface area contributed by atoms with Gasteiger partial charge in [0.05, 0.1) is 7.11 Å². The summed E-state index contributed by atoms with van der Waals surface area (Å²) in [6.07, 6.45) is 2.54. The number of hydrogen-bond donors (Lipinski definition) is 0. The molecule has 1 fully saturated rings. The lowest BCUT2D eigenvalue weighted by molar-refractivity contribution is 0.335. The largest absolute Gasteiger partial charge is 0.497 e. The van der Waals surface area contributed by atoms with Crippen LogP contribution in [0.15, 0.2) is 24.3 Å². The smallest absolute Gasteiger partial charge is 0.119 e. The molecule has 0 saturated carbocycles. The van der Waals surface area contributed by atoms with E-state index in [2.05, 4.69) is 30.0 Å². The highest BCUT2D eigenvalue weighted by Gasteiger charge is 2.23. The molecule has 0 N–H and O–H groups in total. The van der Waals surface area contributed by atoms with Crippen molar-refractivity contribution >= 4 is 0 Å². The highest BCUT2D eigenvalue weighted by molar-refractivity contribution is 5.31. The standard InChI is InChI=1S/C14H21NO/c1-3-8-15-9-7-13(11-15)12-5-4-6-14(10-12)16-2/h4-6,10,13H,3,7-9,11H2,1-2H3/t13-/m1/s1. The summed E-state index contributed by atoms with van der Waals surface area (Å²) in [4.78, 5) is 2.56. The summed E-state index contributed by atoms with van der Waals surface area (Å²) >= 11 is 0. The third-order valence-corrected chi connectivity index (χ3v) is 3.38. The minimum Gasteiger partial charge on any atom is -0.497 e. The zero-order valence-corrected chi connectivity index (χ0v) is 10.3. The Kier molecular flexibility index (Phi) is 3.83. The first-order valence-electron chi connectivity index (χ1n) is 6.19. The second kappa shape index (κ2) is 5.35. The normalized spacial score (nSPS) is 21.2. The van der Waals surface area contributed by atoms with Gasteiger partial charge in [0.1, 0.15) is 5.75 Å². The first kappa shape index (κ1) is 11.5. The second-order valence-electron chi connectivity index (χ2n) is 4.56. The molecule has 0 aromatic heterocycles. The zero-order chi connectivity index (χ0) is 11.4. The van der Waals surface area contributed by atoms with Crippen LogP contribution in [0.5, 0.6) is 5.75 Å². The molecule has 1 aliphatic heterocycles. The van der Waals surface area contributed by atoms with E-state index in [9.17, 15) is 0 Å². The van der Waals surface area contributed by atoms with Crippen molar-refractivity contribution in [2.75, 3.05) is 26.7 Å².